The van der Waals surface area contributed by atoms with E-state index in [9.17, 15) is 24.3 Å². The Morgan fingerprint density at radius 3 is 2.25 bits per heavy atom. The molecule has 0 radical (unpaired) electrons. The molecule has 2 aromatic carbocycles. The van der Waals surface area contributed by atoms with Crippen LogP contribution in [0.2, 0.25) is 0 Å². The van der Waals surface area contributed by atoms with Crippen molar-refractivity contribution in [1.29, 1.82) is 0 Å². The minimum absolute atomic E-state index is 0.116. The summed E-state index contributed by atoms with van der Waals surface area (Å²) in [4.78, 5) is 56.4. The molecule has 7 nitrogen and oxygen atoms in total. The standard InChI is InChI=1S/C29H22N2O5/c1-30-29(36)18-13-7-12-15(18)19-27(34)20-21(28(19)35)24(31-23(20)14-8-3-2-4-9-14)22-25(32)16-10-5-6-11-17(16)26(22)33/h2-12,18,22,27,31,34H,13H2,1H3,(H,30,36). The summed E-state index contributed by atoms with van der Waals surface area (Å²) in [5.74, 6) is -3.29. The lowest BCUT2D eigenvalue weighted by atomic mass is 9.91. The number of hydrogen-bond donors (Lipinski definition) is 3. The van der Waals surface area contributed by atoms with Gasteiger partial charge in [-0.05, 0) is 17.6 Å². The maximum absolute atomic E-state index is 13.9. The number of fused-ring (bicyclic) bond motifs is 2. The number of carbonyl (C=O) groups is 4. The fourth-order valence-electron chi connectivity index (χ4n) is 5.67. The molecule has 178 valence electrons. The second-order valence-corrected chi connectivity index (χ2v) is 9.18. The molecule has 7 heteroatoms. The van der Waals surface area contributed by atoms with Crippen LogP contribution >= 0.6 is 0 Å². The Balaban J connectivity index is 1.58. The van der Waals surface area contributed by atoms with Gasteiger partial charge in [0.15, 0.2) is 17.3 Å². The second kappa shape index (κ2) is 8.10. The number of aliphatic hydroxyl groups excluding tert-OH is 1. The first kappa shape index (κ1) is 22.1. The molecule has 0 bridgehead atoms. The monoisotopic (exact) mass is 478 g/mol. The summed E-state index contributed by atoms with van der Waals surface area (Å²) in [7, 11) is 1.53. The molecular weight excluding hydrogens is 456 g/mol. The van der Waals surface area contributed by atoms with E-state index in [-0.39, 0.29) is 34.3 Å². The van der Waals surface area contributed by atoms with Gasteiger partial charge in [0.1, 0.15) is 12.0 Å². The average molecular weight is 479 g/mol. The van der Waals surface area contributed by atoms with E-state index in [1.54, 1.807) is 36.4 Å². The number of nitrogens with one attached hydrogen (secondary N) is 2. The molecule has 0 aliphatic heterocycles. The smallest absolute Gasteiger partial charge is 0.227 e. The molecule has 36 heavy (non-hydrogen) atoms. The molecule has 0 saturated heterocycles. The number of aliphatic hydroxyl groups is 1. The molecule has 6 rings (SSSR count). The predicted octanol–water partition coefficient (Wildman–Crippen LogP) is 3.69. The summed E-state index contributed by atoms with van der Waals surface area (Å²) in [5, 5.41) is 14.1. The van der Waals surface area contributed by atoms with E-state index in [2.05, 4.69) is 10.3 Å². The summed E-state index contributed by atoms with van der Waals surface area (Å²) in [5.41, 5.74) is 3.06. The number of rotatable bonds is 3. The third-order valence-corrected chi connectivity index (χ3v) is 7.34. The van der Waals surface area contributed by atoms with Gasteiger partial charge in [0.05, 0.1) is 17.2 Å². The Bertz CT molecular complexity index is 1510. The van der Waals surface area contributed by atoms with Crippen LogP contribution in [0.1, 0.15) is 60.8 Å². The Morgan fingerprint density at radius 2 is 1.61 bits per heavy atom. The first-order chi connectivity index (χ1) is 17.4. The first-order valence-electron chi connectivity index (χ1n) is 11.8. The van der Waals surface area contributed by atoms with Crippen LogP contribution < -0.4 is 5.32 Å². The summed E-state index contributed by atoms with van der Waals surface area (Å²) >= 11 is 0. The fourth-order valence-corrected chi connectivity index (χ4v) is 5.67. The number of carbonyl (C=O) groups excluding carboxylic acids is 4. The van der Waals surface area contributed by atoms with Gasteiger partial charge in [-0.3, -0.25) is 19.2 Å². The highest BCUT2D eigenvalue weighted by molar-refractivity contribution is 6.31. The molecule has 0 saturated carbocycles. The molecular formula is C29H22N2O5. The van der Waals surface area contributed by atoms with E-state index in [1.165, 1.54) is 7.05 Å². The molecule has 2 unspecified atom stereocenters. The van der Waals surface area contributed by atoms with Gasteiger partial charge < -0.3 is 15.4 Å². The number of H-pyrrole nitrogens is 1. The Hall–Kier alpha value is -4.36. The van der Waals surface area contributed by atoms with Crippen LogP contribution in [0, 0.1) is 5.92 Å². The van der Waals surface area contributed by atoms with E-state index < -0.39 is 23.7 Å². The third-order valence-electron chi connectivity index (χ3n) is 7.34. The van der Waals surface area contributed by atoms with E-state index in [0.717, 1.165) is 0 Å². The molecule has 3 aliphatic carbocycles. The minimum atomic E-state index is -1.31. The van der Waals surface area contributed by atoms with Crippen molar-refractivity contribution in [2.24, 2.45) is 5.92 Å². The van der Waals surface area contributed by atoms with Gasteiger partial charge in [-0.1, -0.05) is 66.7 Å². The molecule has 0 spiro atoms. The van der Waals surface area contributed by atoms with Gasteiger partial charge in [-0.25, -0.2) is 0 Å². The molecule has 1 aromatic heterocycles. The zero-order valence-electron chi connectivity index (χ0n) is 19.4. The molecule has 3 aromatic rings. The zero-order chi connectivity index (χ0) is 25.1. The quantitative estimate of drug-likeness (QED) is 0.392. The van der Waals surface area contributed by atoms with Gasteiger partial charge >= 0.3 is 0 Å². The molecule has 1 amide bonds. The lowest BCUT2D eigenvalue weighted by molar-refractivity contribution is -0.123. The Labute approximate surface area is 206 Å². The van der Waals surface area contributed by atoms with Gasteiger partial charge in [-0.2, -0.15) is 0 Å². The number of Topliss-reactive ketones (excluding diaryl/α,β-unsaturated/α-hetero) is 3. The van der Waals surface area contributed by atoms with Crippen molar-refractivity contribution in [3.63, 3.8) is 0 Å². The number of allylic oxidation sites excluding steroid dienone is 2. The van der Waals surface area contributed by atoms with Gasteiger partial charge in [0.2, 0.25) is 5.91 Å². The normalized spacial score (nSPS) is 22.9. The van der Waals surface area contributed by atoms with Gasteiger partial charge in [0.25, 0.3) is 0 Å². The van der Waals surface area contributed by atoms with Crippen LogP contribution in [-0.4, -0.2) is 40.4 Å². The van der Waals surface area contributed by atoms with Crippen LogP contribution in [0.15, 0.2) is 77.9 Å². The third kappa shape index (κ3) is 2.96. The summed E-state index contributed by atoms with van der Waals surface area (Å²) in [6.45, 7) is 0. The highest BCUT2D eigenvalue weighted by Gasteiger charge is 2.48. The highest BCUT2D eigenvalue weighted by Crippen LogP contribution is 2.49. The average Bonchev–Trinajstić information content (AvgIpc) is 3.64. The fraction of sp³-hybridized carbons (Fsp3) is 0.172. The van der Waals surface area contributed by atoms with Gasteiger partial charge in [-0.15, -0.1) is 0 Å². The van der Waals surface area contributed by atoms with Crippen LogP contribution in [0.5, 0.6) is 0 Å². The molecule has 1 heterocycles. The summed E-state index contributed by atoms with van der Waals surface area (Å²) < 4.78 is 0. The second-order valence-electron chi connectivity index (χ2n) is 9.18. The number of amides is 1. The maximum atomic E-state index is 13.9. The number of ketones is 3. The van der Waals surface area contributed by atoms with Crippen molar-refractivity contribution in [2.75, 3.05) is 7.05 Å². The number of hydrogen-bond acceptors (Lipinski definition) is 5. The first-order valence-corrected chi connectivity index (χ1v) is 11.8. The van der Waals surface area contributed by atoms with Crippen LogP contribution in [-0.2, 0) is 4.79 Å². The molecule has 3 N–H and O–H groups in total. The van der Waals surface area contributed by atoms with Crippen LogP contribution in [0.25, 0.3) is 11.3 Å². The van der Waals surface area contributed by atoms with Crippen LogP contribution in [0.4, 0.5) is 0 Å². The van der Waals surface area contributed by atoms with Crippen molar-refractivity contribution in [3.8, 4) is 11.3 Å². The topological polar surface area (TPSA) is 116 Å². The van der Waals surface area contributed by atoms with Gasteiger partial charge in [0, 0.05) is 35.0 Å². The number of benzene rings is 2. The van der Waals surface area contributed by atoms with E-state index in [0.29, 0.717) is 39.9 Å². The lowest BCUT2D eigenvalue weighted by Gasteiger charge is -2.16. The predicted molar refractivity (Wildman–Crippen MR) is 132 cm³/mol. The Kier molecular flexibility index (Phi) is 4.98. The van der Waals surface area contributed by atoms with Crippen molar-refractivity contribution >= 4 is 23.3 Å². The SMILES string of the molecule is CNC(=O)C1CC=CC1=C1C(=O)c2c(C3C(=O)c4ccccc4C3=O)[nH]c(-c3ccccc3)c2C1O. The largest absolute Gasteiger partial charge is 0.383 e. The van der Waals surface area contributed by atoms with E-state index >= 15 is 0 Å². The lowest BCUT2D eigenvalue weighted by Crippen LogP contribution is -2.28. The van der Waals surface area contributed by atoms with Crippen molar-refractivity contribution in [2.45, 2.75) is 18.4 Å². The van der Waals surface area contributed by atoms with Crippen molar-refractivity contribution in [3.05, 3.63) is 106 Å². The highest BCUT2D eigenvalue weighted by atomic mass is 16.3. The molecule has 2 atom stereocenters. The summed E-state index contributed by atoms with van der Waals surface area (Å²) in [6, 6.07) is 15.8. The zero-order valence-corrected chi connectivity index (χ0v) is 19.4. The molecule has 3 aliphatic rings. The van der Waals surface area contributed by atoms with E-state index in [1.807, 2.05) is 30.3 Å². The van der Waals surface area contributed by atoms with E-state index in [4.69, 9.17) is 0 Å². The Morgan fingerprint density at radius 1 is 0.972 bits per heavy atom. The van der Waals surface area contributed by atoms with Crippen molar-refractivity contribution < 1.29 is 24.3 Å². The number of aromatic amines is 1. The number of aromatic nitrogens is 1. The maximum Gasteiger partial charge on any atom is 0.227 e. The summed E-state index contributed by atoms with van der Waals surface area (Å²) in [6.07, 6.45) is 2.61. The molecule has 0 fully saturated rings. The van der Waals surface area contributed by atoms with Crippen LogP contribution in [0.3, 0.4) is 0 Å². The van der Waals surface area contributed by atoms with Crippen molar-refractivity contribution in [1.82, 2.24) is 10.3 Å². The minimum Gasteiger partial charge on any atom is -0.383 e.